The van der Waals surface area contributed by atoms with E-state index in [2.05, 4.69) is 15.9 Å². The van der Waals surface area contributed by atoms with Crippen molar-refractivity contribution in [1.82, 2.24) is 0 Å². The molecule has 2 rings (SSSR count). The maximum atomic E-state index is 12.0. The van der Waals surface area contributed by atoms with Crippen molar-refractivity contribution in [3.05, 3.63) is 62.0 Å². The Morgan fingerprint density at radius 1 is 1.16 bits per heavy atom. The monoisotopic (exact) mass is 358 g/mol. The molecule has 0 spiro atoms. The molecule has 0 bridgehead atoms. The molecule has 2 nitrogen and oxygen atoms in total. The summed E-state index contributed by atoms with van der Waals surface area (Å²) in [7, 11) is 0. The van der Waals surface area contributed by atoms with Crippen molar-refractivity contribution in [2.75, 3.05) is 0 Å². The molecular formula is C14H9BrCl2O2. The van der Waals surface area contributed by atoms with Crippen LogP contribution in [0.25, 0.3) is 0 Å². The van der Waals surface area contributed by atoms with Gasteiger partial charge in [0.25, 0.3) is 0 Å². The van der Waals surface area contributed by atoms with Gasteiger partial charge in [0.1, 0.15) is 0 Å². The normalized spacial score (nSPS) is 10.3. The van der Waals surface area contributed by atoms with Crippen molar-refractivity contribution >= 4 is 45.1 Å². The van der Waals surface area contributed by atoms with E-state index in [1.807, 2.05) is 19.1 Å². The largest absolute Gasteiger partial charge is 0.420 e. The van der Waals surface area contributed by atoms with E-state index in [1.165, 1.54) is 6.07 Å². The lowest BCUT2D eigenvalue weighted by molar-refractivity contribution is 0.0733. The van der Waals surface area contributed by atoms with Crippen LogP contribution < -0.4 is 4.74 Å². The minimum atomic E-state index is -0.468. The quantitative estimate of drug-likeness (QED) is 0.538. The fraction of sp³-hybridized carbons (Fsp3) is 0.0714. The van der Waals surface area contributed by atoms with Crippen LogP contribution in [0.5, 0.6) is 5.75 Å². The lowest BCUT2D eigenvalue weighted by atomic mass is 10.1. The first-order chi connectivity index (χ1) is 8.97. The number of hydrogen-bond acceptors (Lipinski definition) is 2. The molecule has 98 valence electrons. The molecule has 2 aromatic carbocycles. The van der Waals surface area contributed by atoms with Crippen LogP contribution in [0.2, 0.25) is 10.0 Å². The van der Waals surface area contributed by atoms with Crippen molar-refractivity contribution in [3.63, 3.8) is 0 Å². The van der Waals surface area contributed by atoms with Crippen LogP contribution in [-0.4, -0.2) is 5.97 Å². The Morgan fingerprint density at radius 3 is 2.37 bits per heavy atom. The number of ether oxygens (including phenoxy) is 1. The van der Waals surface area contributed by atoms with Crippen LogP contribution in [-0.2, 0) is 0 Å². The van der Waals surface area contributed by atoms with Gasteiger partial charge in [0.2, 0.25) is 0 Å². The van der Waals surface area contributed by atoms with Gasteiger partial charge in [0.15, 0.2) is 5.75 Å². The van der Waals surface area contributed by atoms with Crippen LogP contribution in [0.4, 0.5) is 0 Å². The molecule has 0 aliphatic carbocycles. The minimum absolute atomic E-state index is 0.261. The summed E-state index contributed by atoms with van der Waals surface area (Å²) in [5.74, 6) is -0.207. The first-order valence-corrected chi connectivity index (χ1v) is 6.95. The molecule has 0 atom stereocenters. The lowest BCUT2D eigenvalue weighted by Crippen LogP contribution is -2.09. The fourth-order valence-electron chi connectivity index (χ4n) is 1.47. The Morgan fingerprint density at radius 2 is 1.79 bits per heavy atom. The summed E-state index contributed by atoms with van der Waals surface area (Å²) < 4.78 is 5.81. The number of benzene rings is 2. The Kier molecular flexibility index (Phi) is 4.50. The van der Waals surface area contributed by atoms with Crippen molar-refractivity contribution in [2.24, 2.45) is 0 Å². The summed E-state index contributed by atoms with van der Waals surface area (Å²) in [5.41, 5.74) is 1.53. The molecule has 0 saturated heterocycles. The summed E-state index contributed by atoms with van der Waals surface area (Å²) in [5, 5.41) is 0.742. The molecule has 0 N–H and O–H groups in total. The van der Waals surface area contributed by atoms with Crippen LogP contribution >= 0.6 is 39.1 Å². The molecule has 0 radical (unpaired) electrons. The summed E-state index contributed by atoms with van der Waals surface area (Å²) in [6.07, 6.45) is 0. The van der Waals surface area contributed by atoms with Gasteiger partial charge in [-0.1, -0.05) is 40.9 Å². The van der Waals surface area contributed by atoms with Gasteiger partial charge in [-0.15, -0.1) is 0 Å². The second-order valence-corrected chi connectivity index (χ2v) is 5.65. The molecule has 2 aromatic rings. The second kappa shape index (κ2) is 5.95. The number of carbonyl (C=O) groups excluding carboxylic acids is 1. The first kappa shape index (κ1) is 14.4. The number of hydrogen-bond donors (Lipinski definition) is 0. The van der Waals surface area contributed by atoms with Crippen LogP contribution in [0.15, 0.2) is 40.9 Å². The van der Waals surface area contributed by atoms with E-state index in [1.54, 1.807) is 18.2 Å². The van der Waals surface area contributed by atoms with Gasteiger partial charge in [-0.25, -0.2) is 4.79 Å². The van der Waals surface area contributed by atoms with Crippen LogP contribution in [0.1, 0.15) is 15.9 Å². The number of aryl methyl sites for hydroxylation is 1. The minimum Gasteiger partial charge on any atom is -0.420 e. The molecule has 0 fully saturated rings. The molecule has 0 unspecified atom stereocenters. The third-order valence-electron chi connectivity index (χ3n) is 2.45. The van der Waals surface area contributed by atoms with Gasteiger partial charge in [-0.05, 0) is 47.1 Å². The molecule has 0 amide bonds. The van der Waals surface area contributed by atoms with E-state index < -0.39 is 5.97 Å². The standard InChI is InChI=1S/C14H9BrCl2O2/c1-8-2-4-9(5-3-8)14(18)19-13-11(15)6-10(16)7-12(13)17/h2-7H,1H3. The van der Waals surface area contributed by atoms with Crippen molar-refractivity contribution in [2.45, 2.75) is 6.92 Å². The summed E-state index contributed by atoms with van der Waals surface area (Å²) in [6.45, 7) is 1.95. The number of esters is 1. The Hall–Kier alpha value is -1.03. The highest BCUT2D eigenvalue weighted by Crippen LogP contribution is 2.36. The van der Waals surface area contributed by atoms with Crippen LogP contribution in [0, 0.1) is 6.92 Å². The highest BCUT2D eigenvalue weighted by molar-refractivity contribution is 9.10. The molecule has 0 aliphatic heterocycles. The molecular weight excluding hydrogens is 351 g/mol. The molecule has 5 heteroatoms. The van der Waals surface area contributed by atoms with E-state index in [9.17, 15) is 4.79 Å². The topological polar surface area (TPSA) is 26.3 Å². The van der Waals surface area contributed by atoms with E-state index in [0.29, 0.717) is 15.1 Å². The Labute approximate surface area is 129 Å². The van der Waals surface area contributed by atoms with Crippen molar-refractivity contribution in [3.8, 4) is 5.75 Å². The fourth-order valence-corrected chi connectivity index (χ4v) is 2.79. The zero-order chi connectivity index (χ0) is 14.0. The van der Waals surface area contributed by atoms with E-state index in [0.717, 1.165) is 5.56 Å². The lowest BCUT2D eigenvalue weighted by Gasteiger charge is -2.09. The third kappa shape index (κ3) is 3.50. The van der Waals surface area contributed by atoms with Gasteiger partial charge in [0.05, 0.1) is 15.1 Å². The molecule has 19 heavy (non-hydrogen) atoms. The summed E-state index contributed by atoms with van der Waals surface area (Å²) in [6, 6.07) is 10.2. The summed E-state index contributed by atoms with van der Waals surface area (Å²) in [4.78, 5) is 12.0. The van der Waals surface area contributed by atoms with Crippen molar-refractivity contribution in [1.29, 1.82) is 0 Å². The summed E-state index contributed by atoms with van der Waals surface area (Å²) >= 11 is 15.1. The Bertz CT molecular complexity index is 601. The zero-order valence-electron chi connectivity index (χ0n) is 9.91. The van der Waals surface area contributed by atoms with E-state index in [-0.39, 0.29) is 10.8 Å². The maximum absolute atomic E-state index is 12.0. The first-order valence-electron chi connectivity index (χ1n) is 5.41. The van der Waals surface area contributed by atoms with Gasteiger partial charge < -0.3 is 4.74 Å². The third-order valence-corrected chi connectivity index (χ3v) is 3.53. The highest BCUT2D eigenvalue weighted by Gasteiger charge is 2.14. The predicted octanol–water partition coefficient (Wildman–Crippen LogP) is 5.28. The molecule has 0 aliphatic rings. The van der Waals surface area contributed by atoms with Gasteiger partial charge in [-0.2, -0.15) is 0 Å². The molecule has 0 aromatic heterocycles. The average Bonchev–Trinajstić information content (AvgIpc) is 2.34. The average molecular weight is 360 g/mol. The number of rotatable bonds is 2. The maximum Gasteiger partial charge on any atom is 0.343 e. The molecule has 0 heterocycles. The second-order valence-electron chi connectivity index (χ2n) is 3.95. The smallest absolute Gasteiger partial charge is 0.343 e. The highest BCUT2D eigenvalue weighted by atomic mass is 79.9. The van der Waals surface area contributed by atoms with Crippen LogP contribution in [0.3, 0.4) is 0 Å². The van der Waals surface area contributed by atoms with Gasteiger partial charge in [-0.3, -0.25) is 0 Å². The van der Waals surface area contributed by atoms with Crippen molar-refractivity contribution < 1.29 is 9.53 Å². The van der Waals surface area contributed by atoms with E-state index >= 15 is 0 Å². The number of halogens is 3. The predicted molar refractivity (Wildman–Crippen MR) is 80.3 cm³/mol. The van der Waals surface area contributed by atoms with E-state index in [4.69, 9.17) is 27.9 Å². The Balaban J connectivity index is 2.26. The zero-order valence-corrected chi connectivity index (χ0v) is 13.0. The molecule has 0 saturated carbocycles. The van der Waals surface area contributed by atoms with Gasteiger partial charge >= 0.3 is 5.97 Å². The number of carbonyl (C=O) groups is 1. The SMILES string of the molecule is Cc1ccc(C(=O)Oc2c(Cl)cc(Cl)cc2Br)cc1. The van der Waals surface area contributed by atoms with Gasteiger partial charge in [0, 0.05) is 5.02 Å².